The van der Waals surface area contributed by atoms with E-state index in [2.05, 4.69) is 0 Å². The Balaban J connectivity index is 1.79. The Morgan fingerprint density at radius 3 is 2.42 bits per heavy atom. The summed E-state index contributed by atoms with van der Waals surface area (Å²) in [7, 11) is 0. The molecule has 1 aliphatic carbocycles. The fourth-order valence-electron chi connectivity index (χ4n) is 3.00. The van der Waals surface area contributed by atoms with Crippen LogP contribution in [0.1, 0.15) is 29.6 Å². The molecule has 1 saturated carbocycles. The Labute approximate surface area is 138 Å². The number of nitrogens with zero attached hydrogens (tertiary/aromatic N) is 2. The van der Waals surface area contributed by atoms with Crippen LogP contribution in [0.2, 0.25) is 0 Å². The summed E-state index contributed by atoms with van der Waals surface area (Å²) in [4.78, 5) is 39.4. The van der Waals surface area contributed by atoms with E-state index in [4.69, 9.17) is 5.11 Å². The zero-order chi connectivity index (χ0) is 17.3. The molecular formula is C17H19FN2O4. The number of aliphatic carboxylic acids is 1. The third kappa shape index (κ3) is 3.55. The second-order valence-corrected chi connectivity index (χ2v) is 6.35. The number of halogens is 1. The van der Waals surface area contributed by atoms with Crippen molar-refractivity contribution in [2.45, 2.75) is 25.3 Å². The van der Waals surface area contributed by atoms with Gasteiger partial charge in [-0.3, -0.25) is 14.4 Å². The molecule has 1 saturated heterocycles. The highest BCUT2D eigenvalue weighted by Crippen LogP contribution is 2.31. The average molecular weight is 334 g/mol. The van der Waals surface area contributed by atoms with Crippen LogP contribution < -0.4 is 0 Å². The molecule has 1 N–H and O–H groups in total. The van der Waals surface area contributed by atoms with Crippen LogP contribution in [0, 0.1) is 11.7 Å². The van der Waals surface area contributed by atoms with Gasteiger partial charge in [0.1, 0.15) is 11.9 Å². The lowest BCUT2D eigenvalue weighted by molar-refractivity contribution is -0.148. The van der Waals surface area contributed by atoms with E-state index in [1.165, 1.54) is 29.2 Å². The molecule has 1 aliphatic heterocycles. The van der Waals surface area contributed by atoms with E-state index < -0.39 is 30.2 Å². The van der Waals surface area contributed by atoms with Crippen molar-refractivity contribution in [3.05, 3.63) is 35.6 Å². The molecule has 0 radical (unpaired) electrons. The Morgan fingerprint density at radius 1 is 1.17 bits per heavy atom. The number of amides is 2. The van der Waals surface area contributed by atoms with E-state index in [0.29, 0.717) is 19.0 Å². The molecule has 2 aliphatic rings. The highest BCUT2D eigenvalue weighted by Gasteiger charge is 2.40. The lowest BCUT2D eigenvalue weighted by Crippen LogP contribution is -2.59. The molecule has 7 heteroatoms. The smallest absolute Gasteiger partial charge is 0.305 e. The molecule has 1 aromatic rings. The molecule has 24 heavy (non-hydrogen) atoms. The maximum atomic E-state index is 13.0. The van der Waals surface area contributed by atoms with Gasteiger partial charge in [-0.1, -0.05) is 0 Å². The number of carboxylic acid groups (broad SMARTS) is 1. The minimum Gasteiger partial charge on any atom is -0.481 e. The summed E-state index contributed by atoms with van der Waals surface area (Å²) >= 11 is 0. The predicted octanol–water partition coefficient (Wildman–Crippen LogP) is 1.36. The molecule has 0 spiro atoms. The van der Waals surface area contributed by atoms with Crippen molar-refractivity contribution in [3.8, 4) is 0 Å². The Morgan fingerprint density at radius 2 is 1.83 bits per heavy atom. The summed E-state index contributed by atoms with van der Waals surface area (Å²) in [5, 5.41) is 9.11. The maximum Gasteiger partial charge on any atom is 0.305 e. The second kappa shape index (κ2) is 6.59. The van der Waals surface area contributed by atoms with Crippen molar-refractivity contribution < 1.29 is 23.9 Å². The third-order valence-corrected chi connectivity index (χ3v) is 4.48. The lowest BCUT2D eigenvalue weighted by Gasteiger charge is -2.40. The minimum absolute atomic E-state index is 0.246. The van der Waals surface area contributed by atoms with E-state index in [0.717, 1.165) is 12.8 Å². The zero-order valence-corrected chi connectivity index (χ0v) is 13.2. The van der Waals surface area contributed by atoms with Gasteiger partial charge in [0.25, 0.3) is 5.91 Å². The molecule has 1 atom stereocenters. The van der Waals surface area contributed by atoms with Crippen LogP contribution in [-0.4, -0.2) is 58.4 Å². The molecule has 2 amide bonds. The standard InChI is InChI=1S/C17H19FN2O4/c18-13-5-3-12(4-6-13)16(23)20-8-7-19(10-11-1-2-11)17(24)14(20)9-15(21)22/h3-6,11,14H,1-2,7-10H2,(H,21,22). The summed E-state index contributed by atoms with van der Waals surface area (Å²) in [6.07, 6.45) is 1.75. The first-order valence-corrected chi connectivity index (χ1v) is 8.03. The molecule has 128 valence electrons. The van der Waals surface area contributed by atoms with Crippen LogP contribution in [0.25, 0.3) is 0 Å². The molecule has 1 heterocycles. The van der Waals surface area contributed by atoms with Gasteiger partial charge in [0, 0.05) is 25.2 Å². The van der Waals surface area contributed by atoms with E-state index in [1.807, 2.05) is 0 Å². The fourth-order valence-corrected chi connectivity index (χ4v) is 3.00. The number of rotatable bonds is 5. The third-order valence-electron chi connectivity index (χ3n) is 4.48. The van der Waals surface area contributed by atoms with E-state index >= 15 is 0 Å². The van der Waals surface area contributed by atoms with Crippen molar-refractivity contribution >= 4 is 17.8 Å². The molecule has 1 aromatic carbocycles. The fraction of sp³-hybridized carbons (Fsp3) is 0.471. The van der Waals surface area contributed by atoms with Gasteiger partial charge in [-0.25, -0.2) is 4.39 Å². The van der Waals surface area contributed by atoms with E-state index in [1.54, 1.807) is 4.90 Å². The van der Waals surface area contributed by atoms with Gasteiger partial charge in [-0.15, -0.1) is 0 Å². The monoisotopic (exact) mass is 334 g/mol. The number of hydrogen-bond donors (Lipinski definition) is 1. The molecule has 1 unspecified atom stereocenters. The van der Waals surface area contributed by atoms with Crippen molar-refractivity contribution in [1.82, 2.24) is 9.80 Å². The Bertz CT molecular complexity index is 657. The SMILES string of the molecule is O=C(O)CC1C(=O)N(CC2CC2)CCN1C(=O)c1ccc(F)cc1. The summed E-state index contributed by atoms with van der Waals surface area (Å²) in [5.41, 5.74) is 0.246. The van der Waals surface area contributed by atoms with Gasteiger partial charge < -0.3 is 14.9 Å². The number of hydrogen-bond acceptors (Lipinski definition) is 3. The quantitative estimate of drug-likeness (QED) is 0.882. The van der Waals surface area contributed by atoms with Gasteiger partial charge >= 0.3 is 5.97 Å². The predicted molar refractivity (Wildman–Crippen MR) is 82.8 cm³/mol. The van der Waals surface area contributed by atoms with Crippen molar-refractivity contribution in [2.75, 3.05) is 19.6 Å². The van der Waals surface area contributed by atoms with Crippen molar-refractivity contribution in [3.63, 3.8) is 0 Å². The number of benzene rings is 1. The molecule has 0 aromatic heterocycles. The highest BCUT2D eigenvalue weighted by atomic mass is 19.1. The van der Waals surface area contributed by atoms with E-state index in [9.17, 15) is 18.8 Å². The van der Waals surface area contributed by atoms with Crippen LogP contribution in [-0.2, 0) is 9.59 Å². The number of carbonyl (C=O) groups excluding carboxylic acids is 2. The normalized spacial score (nSPS) is 21.0. The van der Waals surface area contributed by atoms with Gasteiger partial charge in [0.05, 0.1) is 6.42 Å². The molecule has 6 nitrogen and oxygen atoms in total. The zero-order valence-electron chi connectivity index (χ0n) is 13.2. The molecule has 3 rings (SSSR count). The van der Waals surface area contributed by atoms with Crippen molar-refractivity contribution in [2.24, 2.45) is 5.92 Å². The van der Waals surface area contributed by atoms with Crippen LogP contribution >= 0.6 is 0 Å². The largest absolute Gasteiger partial charge is 0.481 e. The highest BCUT2D eigenvalue weighted by molar-refractivity contribution is 5.99. The number of carboxylic acids is 1. The molecule has 0 bridgehead atoms. The summed E-state index contributed by atoms with van der Waals surface area (Å²) in [6, 6.07) is 4.02. The van der Waals surface area contributed by atoms with Crippen LogP contribution in [0.5, 0.6) is 0 Å². The van der Waals surface area contributed by atoms with Gasteiger partial charge in [0.2, 0.25) is 5.91 Å². The first-order valence-electron chi connectivity index (χ1n) is 8.03. The van der Waals surface area contributed by atoms with Gasteiger partial charge in [-0.2, -0.15) is 0 Å². The Kier molecular flexibility index (Phi) is 4.51. The van der Waals surface area contributed by atoms with Gasteiger partial charge in [0.15, 0.2) is 0 Å². The average Bonchev–Trinajstić information content (AvgIpc) is 3.35. The van der Waals surface area contributed by atoms with E-state index in [-0.39, 0.29) is 18.0 Å². The summed E-state index contributed by atoms with van der Waals surface area (Å²) in [6.45, 7) is 1.32. The number of carbonyl (C=O) groups is 3. The lowest BCUT2D eigenvalue weighted by atomic mass is 10.0. The first-order chi connectivity index (χ1) is 11.5. The van der Waals surface area contributed by atoms with Crippen LogP contribution in [0.4, 0.5) is 4.39 Å². The molecular weight excluding hydrogens is 315 g/mol. The number of piperazine rings is 1. The Hall–Kier alpha value is -2.44. The summed E-state index contributed by atoms with van der Waals surface area (Å²) in [5.74, 6) is -1.84. The molecule has 2 fully saturated rings. The first kappa shape index (κ1) is 16.4. The summed E-state index contributed by atoms with van der Waals surface area (Å²) < 4.78 is 13.0. The van der Waals surface area contributed by atoms with Crippen LogP contribution in [0.15, 0.2) is 24.3 Å². The topological polar surface area (TPSA) is 77.9 Å². The van der Waals surface area contributed by atoms with Crippen LogP contribution in [0.3, 0.4) is 0 Å². The van der Waals surface area contributed by atoms with Crippen molar-refractivity contribution in [1.29, 1.82) is 0 Å². The van der Waals surface area contributed by atoms with Gasteiger partial charge in [-0.05, 0) is 43.0 Å². The maximum absolute atomic E-state index is 13.0. The second-order valence-electron chi connectivity index (χ2n) is 6.35. The minimum atomic E-state index is -1.13.